The molecule has 166 valence electrons. The highest BCUT2D eigenvalue weighted by molar-refractivity contribution is 7.90. The number of aryl methyl sites for hydroxylation is 1. The summed E-state index contributed by atoms with van der Waals surface area (Å²) in [6, 6.07) is 19.8. The molecule has 4 rings (SSSR count). The van der Waals surface area contributed by atoms with Crippen LogP contribution in [-0.4, -0.2) is 19.9 Å². The fourth-order valence-corrected chi connectivity index (χ4v) is 5.47. The normalized spacial score (nSPS) is 17.8. The van der Waals surface area contributed by atoms with Crippen LogP contribution in [0.2, 0.25) is 5.02 Å². The van der Waals surface area contributed by atoms with Crippen molar-refractivity contribution in [2.75, 3.05) is 0 Å². The molecule has 7 heteroatoms. The van der Waals surface area contributed by atoms with Gasteiger partial charge in [0.25, 0.3) is 15.9 Å². The Morgan fingerprint density at radius 3 is 2.59 bits per heavy atom. The summed E-state index contributed by atoms with van der Waals surface area (Å²) in [6.45, 7) is 3.69. The second kappa shape index (κ2) is 8.60. The number of nitrogens with one attached hydrogen (secondary N) is 1. The molecule has 1 unspecified atom stereocenters. The first kappa shape index (κ1) is 22.4. The van der Waals surface area contributed by atoms with Crippen LogP contribution in [-0.2, 0) is 22.9 Å². The van der Waals surface area contributed by atoms with Gasteiger partial charge in [-0.25, -0.2) is 13.1 Å². The topological polar surface area (TPSA) is 72.5 Å². The van der Waals surface area contributed by atoms with Crippen LogP contribution >= 0.6 is 11.6 Å². The summed E-state index contributed by atoms with van der Waals surface area (Å²) in [6.07, 6.45) is 2.31. The van der Waals surface area contributed by atoms with Gasteiger partial charge in [-0.2, -0.15) is 0 Å². The van der Waals surface area contributed by atoms with Gasteiger partial charge in [0.2, 0.25) is 0 Å². The number of fused-ring (bicyclic) bond motifs is 1. The van der Waals surface area contributed by atoms with Crippen LogP contribution in [0, 0.1) is 6.92 Å². The lowest BCUT2D eigenvalue weighted by Crippen LogP contribution is -2.38. The molecule has 1 heterocycles. The van der Waals surface area contributed by atoms with Gasteiger partial charge in [0, 0.05) is 17.0 Å². The van der Waals surface area contributed by atoms with Crippen molar-refractivity contribution in [2.24, 2.45) is 0 Å². The third kappa shape index (κ3) is 4.66. The molecule has 1 aliphatic heterocycles. The van der Waals surface area contributed by atoms with Gasteiger partial charge >= 0.3 is 0 Å². The van der Waals surface area contributed by atoms with Gasteiger partial charge in [0.1, 0.15) is 11.4 Å². The number of rotatable bonds is 5. The van der Waals surface area contributed by atoms with E-state index in [1.165, 1.54) is 17.7 Å². The zero-order chi connectivity index (χ0) is 22.9. The van der Waals surface area contributed by atoms with Gasteiger partial charge in [-0.15, -0.1) is 0 Å². The number of amides is 1. The maximum Gasteiger partial charge on any atom is 0.265 e. The van der Waals surface area contributed by atoms with Crippen LogP contribution in [0.25, 0.3) is 0 Å². The molecule has 0 bridgehead atoms. The highest BCUT2D eigenvalue weighted by Gasteiger charge is 2.32. The largest absolute Gasteiger partial charge is 0.487 e. The average Bonchev–Trinajstić information content (AvgIpc) is 2.75. The van der Waals surface area contributed by atoms with Crippen molar-refractivity contribution in [3.05, 3.63) is 94.0 Å². The van der Waals surface area contributed by atoms with E-state index >= 15 is 0 Å². The Kier molecular flexibility index (Phi) is 6.01. The summed E-state index contributed by atoms with van der Waals surface area (Å²) in [7, 11) is -4.05. The number of benzene rings is 3. The lowest BCUT2D eigenvalue weighted by atomic mass is 9.87. The minimum Gasteiger partial charge on any atom is -0.487 e. The van der Waals surface area contributed by atoms with E-state index in [1.807, 2.05) is 18.2 Å². The van der Waals surface area contributed by atoms with E-state index in [-0.39, 0.29) is 16.1 Å². The minimum atomic E-state index is -4.05. The predicted octanol–water partition coefficient (Wildman–Crippen LogP) is 5.09. The number of carbonyl (C=O) groups excluding carboxylic acids is 1. The molecule has 0 saturated heterocycles. The molecule has 1 amide bonds. The molecular weight excluding hydrogens is 446 g/mol. The van der Waals surface area contributed by atoms with E-state index in [0.717, 1.165) is 30.6 Å². The van der Waals surface area contributed by atoms with E-state index in [2.05, 4.69) is 23.8 Å². The molecule has 0 fully saturated rings. The van der Waals surface area contributed by atoms with Gasteiger partial charge in [-0.1, -0.05) is 48.0 Å². The van der Waals surface area contributed by atoms with Crippen molar-refractivity contribution in [2.45, 2.75) is 43.6 Å². The fourth-order valence-electron chi connectivity index (χ4n) is 4.00. The number of carbonyl (C=O) groups is 1. The third-order valence-electron chi connectivity index (χ3n) is 5.76. The Hall–Kier alpha value is -2.83. The minimum absolute atomic E-state index is 0.0173. The van der Waals surface area contributed by atoms with E-state index in [4.69, 9.17) is 16.3 Å². The maximum absolute atomic E-state index is 12.7. The molecule has 0 spiro atoms. The summed E-state index contributed by atoms with van der Waals surface area (Å²) >= 11 is 6.04. The average molecular weight is 470 g/mol. The molecule has 3 aromatic rings. The summed E-state index contributed by atoms with van der Waals surface area (Å²) in [5.74, 6) is 0.0320. The third-order valence-corrected chi connectivity index (χ3v) is 7.64. The van der Waals surface area contributed by atoms with Crippen molar-refractivity contribution >= 4 is 27.5 Å². The number of hydrogen-bond donors (Lipinski definition) is 1. The molecule has 1 atom stereocenters. The van der Waals surface area contributed by atoms with Gasteiger partial charge in [0.05, 0.1) is 4.90 Å². The van der Waals surface area contributed by atoms with E-state index in [9.17, 15) is 13.2 Å². The highest BCUT2D eigenvalue weighted by atomic mass is 35.5. The monoisotopic (exact) mass is 469 g/mol. The predicted molar refractivity (Wildman–Crippen MR) is 125 cm³/mol. The molecule has 0 saturated carbocycles. The van der Waals surface area contributed by atoms with E-state index < -0.39 is 15.9 Å². The van der Waals surface area contributed by atoms with Crippen LogP contribution in [0.1, 0.15) is 40.4 Å². The Labute approximate surface area is 193 Å². The number of ether oxygens (including phenoxy) is 1. The Morgan fingerprint density at radius 2 is 1.84 bits per heavy atom. The quantitative estimate of drug-likeness (QED) is 0.564. The maximum atomic E-state index is 12.7. The van der Waals surface area contributed by atoms with Crippen LogP contribution in [0.3, 0.4) is 0 Å². The van der Waals surface area contributed by atoms with Crippen LogP contribution in [0.4, 0.5) is 0 Å². The summed E-state index contributed by atoms with van der Waals surface area (Å²) in [5, 5.41) is 0.324. The smallest absolute Gasteiger partial charge is 0.265 e. The van der Waals surface area contributed by atoms with Gasteiger partial charge in [0.15, 0.2) is 0 Å². The SMILES string of the molecule is Cc1c(Cl)cccc1S(=O)(=O)NC(=O)c1ccc2c(c1)CCC(C)(Cc1ccccc1)O2. The summed E-state index contributed by atoms with van der Waals surface area (Å²) < 4.78 is 33.9. The second-order valence-corrected chi connectivity index (χ2v) is 10.4. The van der Waals surface area contributed by atoms with Crippen molar-refractivity contribution in [3.63, 3.8) is 0 Å². The zero-order valence-electron chi connectivity index (χ0n) is 17.9. The van der Waals surface area contributed by atoms with Crippen molar-refractivity contribution < 1.29 is 17.9 Å². The van der Waals surface area contributed by atoms with Crippen molar-refractivity contribution in [3.8, 4) is 5.75 Å². The lowest BCUT2D eigenvalue weighted by Gasteiger charge is -2.36. The fraction of sp³-hybridized carbons (Fsp3) is 0.240. The molecule has 1 aliphatic rings. The Balaban J connectivity index is 1.51. The number of hydrogen-bond acceptors (Lipinski definition) is 4. The van der Waals surface area contributed by atoms with Gasteiger partial charge in [-0.3, -0.25) is 4.79 Å². The van der Waals surface area contributed by atoms with E-state index in [0.29, 0.717) is 10.6 Å². The number of halogens is 1. The van der Waals surface area contributed by atoms with Crippen LogP contribution in [0.5, 0.6) is 5.75 Å². The van der Waals surface area contributed by atoms with Crippen LogP contribution in [0.15, 0.2) is 71.6 Å². The first-order valence-corrected chi connectivity index (χ1v) is 12.2. The van der Waals surface area contributed by atoms with Crippen molar-refractivity contribution in [1.82, 2.24) is 4.72 Å². The molecule has 5 nitrogen and oxygen atoms in total. The first-order chi connectivity index (χ1) is 15.2. The summed E-state index contributed by atoms with van der Waals surface area (Å²) in [5.41, 5.74) is 2.41. The van der Waals surface area contributed by atoms with Crippen molar-refractivity contribution in [1.29, 1.82) is 0 Å². The van der Waals surface area contributed by atoms with E-state index in [1.54, 1.807) is 31.2 Å². The molecule has 32 heavy (non-hydrogen) atoms. The van der Waals surface area contributed by atoms with Gasteiger partial charge < -0.3 is 4.74 Å². The molecule has 3 aromatic carbocycles. The number of sulfonamides is 1. The lowest BCUT2D eigenvalue weighted by molar-refractivity contribution is 0.0654. The molecule has 0 radical (unpaired) electrons. The molecule has 1 N–H and O–H groups in total. The standard InChI is InChI=1S/C25H24ClNO4S/c1-17-21(26)9-6-10-23(17)32(29,30)27-24(28)20-11-12-22-19(15-20)13-14-25(2,31-22)16-18-7-4-3-5-8-18/h3-12,15H,13-14,16H2,1-2H3,(H,27,28). The highest BCUT2D eigenvalue weighted by Crippen LogP contribution is 2.36. The second-order valence-electron chi connectivity index (χ2n) is 8.33. The van der Waals surface area contributed by atoms with Gasteiger partial charge in [-0.05, 0) is 73.7 Å². The zero-order valence-corrected chi connectivity index (χ0v) is 19.5. The first-order valence-electron chi connectivity index (χ1n) is 10.3. The molecule has 0 aromatic heterocycles. The Morgan fingerprint density at radius 1 is 1.09 bits per heavy atom. The Bertz CT molecular complexity index is 1270. The molecular formula is C25H24ClNO4S. The molecule has 0 aliphatic carbocycles. The van der Waals surface area contributed by atoms with Crippen LogP contribution < -0.4 is 9.46 Å². The summed E-state index contributed by atoms with van der Waals surface area (Å²) in [4.78, 5) is 12.7.